The highest BCUT2D eigenvalue weighted by Crippen LogP contribution is 2.30. The van der Waals surface area contributed by atoms with Gasteiger partial charge in [-0.15, -0.1) is 0 Å². The molecule has 0 radical (unpaired) electrons. The summed E-state index contributed by atoms with van der Waals surface area (Å²) in [6.07, 6.45) is 1.15. The molecule has 0 aliphatic heterocycles. The second-order valence-electron chi connectivity index (χ2n) is 4.83. The van der Waals surface area contributed by atoms with E-state index in [1.54, 1.807) is 12.1 Å². The molecule has 2 aromatic rings. The standard InChI is InChI=1S/C14H18N2O3S/c1-10-7-8-11(19-10)9-16(2)12-5-4-6-13(14(12)15)20(3,17)18/h4-8H,9,15H2,1-3H3. The summed E-state index contributed by atoms with van der Waals surface area (Å²) in [6, 6.07) is 8.77. The van der Waals surface area contributed by atoms with Gasteiger partial charge in [0.2, 0.25) is 0 Å². The van der Waals surface area contributed by atoms with Gasteiger partial charge in [-0.3, -0.25) is 0 Å². The van der Waals surface area contributed by atoms with E-state index in [4.69, 9.17) is 10.2 Å². The van der Waals surface area contributed by atoms with Gasteiger partial charge in [0.05, 0.1) is 22.8 Å². The van der Waals surface area contributed by atoms with Crippen LogP contribution in [-0.4, -0.2) is 21.7 Å². The zero-order valence-corrected chi connectivity index (χ0v) is 12.6. The number of anilines is 2. The van der Waals surface area contributed by atoms with Gasteiger partial charge in [-0.2, -0.15) is 0 Å². The summed E-state index contributed by atoms with van der Waals surface area (Å²) in [4.78, 5) is 2.01. The van der Waals surface area contributed by atoms with Crippen LogP contribution in [0, 0.1) is 6.92 Å². The number of nitrogen functional groups attached to an aromatic ring is 1. The van der Waals surface area contributed by atoms with Gasteiger partial charge < -0.3 is 15.1 Å². The van der Waals surface area contributed by atoms with Gasteiger partial charge in [0, 0.05) is 13.3 Å². The van der Waals surface area contributed by atoms with E-state index in [9.17, 15) is 8.42 Å². The lowest BCUT2D eigenvalue weighted by atomic mass is 10.2. The van der Waals surface area contributed by atoms with Crippen molar-refractivity contribution in [3.63, 3.8) is 0 Å². The summed E-state index contributed by atoms with van der Waals surface area (Å²) < 4.78 is 28.9. The molecule has 108 valence electrons. The summed E-state index contributed by atoms with van der Waals surface area (Å²) in [5.41, 5.74) is 6.91. The number of furan rings is 1. The van der Waals surface area contributed by atoms with Gasteiger partial charge >= 0.3 is 0 Å². The average molecular weight is 294 g/mol. The zero-order valence-electron chi connectivity index (χ0n) is 11.8. The number of hydrogen-bond acceptors (Lipinski definition) is 5. The highest BCUT2D eigenvalue weighted by molar-refractivity contribution is 7.90. The van der Waals surface area contributed by atoms with Crippen LogP contribution in [0.5, 0.6) is 0 Å². The molecule has 0 aliphatic carbocycles. The van der Waals surface area contributed by atoms with Crippen molar-refractivity contribution in [3.8, 4) is 0 Å². The van der Waals surface area contributed by atoms with Crippen molar-refractivity contribution in [3.05, 3.63) is 41.9 Å². The summed E-state index contributed by atoms with van der Waals surface area (Å²) >= 11 is 0. The number of aryl methyl sites for hydroxylation is 1. The molecule has 0 saturated carbocycles. The Morgan fingerprint density at radius 3 is 2.50 bits per heavy atom. The van der Waals surface area contributed by atoms with Gasteiger partial charge in [0.25, 0.3) is 0 Å². The molecule has 5 nitrogen and oxygen atoms in total. The number of sulfone groups is 1. The maximum absolute atomic E-state index is 11.7. The van der Waals surface area contributed by atoms with E-state index in [0.717, 1.165) is 17.8 Å². The number of benzene rings is 1. The van der Waals surface area contributed by atoms with Crippen LogP contribution in [0.3, 0.4) is 0 Å². The lowest BCUT2D eigenvalue weighted by Crippen LogP contribution is -2.18. The average Bonchev–Trinajstić information content (AvgIpc) is 2.73. The van der Waals surface area contributed by atoms with Gasteiger partial charge in [-0.1, -0.05) is 6.07 Å². The van der Waals surface area contributed by atoms with Crippen molar-refractivity contribution in [1.82, 2.24) is 0 Å². The van der Waals surface area contributed by atoms with Gasteiger partial charge in [-0.25, -0.2) is 8.42 Å². The van der Waals surface area contributed by atoms with E-state index in [-0.39, 0.29) is 10.6 Å². The monoisotopic (exact) mass is 294 g/mol. The first kappa shape index (κ1) is 14.5. The second kappa shape index (κ2) is 5.20. The molecule has 2 rings (SSSR count). The molecule has 1 aromatic carbocycles. The van der Waals surface area contributed by atoms with Crippen molar-refractivity contribution in [2.24, 2.45) is 0 Å². The van der Waals surface area contributed by atoms with E-state index in [1.165, 1.54) is 6.07 Å². The van der Waals surface area contributed by atoms with E-state index < -0.39 is 9.84 Å². The first-order valence-corrected chi connectivity index (χ1v) is 8.03. The van der Waals surface area contributed by atoms with Crippen LogP contribution in [-0.2, 0) is 16.4 Å². The van der Waals surface area contributed by atoms with E-state index in [2.05, 4.69) is 0 Å². The van der Waals surface area contributed by atoms with Gasteiger partial charge in [0.15, 0.2) is 9.84 Å². The molecule has 0 spiro atoms. The van der Waals surface area contributed by atoms with E-state index in [1.807, 2.05) is 31.0 Å². The lowest BCUT2D eigenvalue weighted by molar-refractivity contribution is 0.482. The Hall–Kier alpha value is -1.95. The highest BCUT2D eigenvalue weighted by Gasteiger charge is 2.16. The molecule has 0 amide bonds. The fourth-order valence-electron chi connectivity index (χ4n) is 2.08. The van der Waals surface area contributed by atoms with Crippen LogP contribution in [0.2, 0.25) is 0 Å². The third kappa shape index (κ3) is 2.96. The largest absolute Gasteiger partial charge is 0.464 e. The van der Waals surface area contributed by atoms with Crippen LogP contribution in [0.15, 0.2) is 39.6 Å². The number of nitrogens with two attached hydrogens (primary N) is 1. The molecular weight excluding hydrogens is 276 g/mol. The Morgan fingerprint density at radius 2 is 1.95 bits per heavy atom. The second-order valence-corrected chi connectivity index (χ2v) is 6.81. The summed E-state index contributed by atoms with van der Waals surface area (Å²) in [5, 5.41) is 0. The number of hydrogen-bond donors (Lipinski definition) is 1. The number of rotatable bonds is 4. The Labute approximate surface area is 118 Å². The number of para-hydroxylation sites is 1. The first-order chi connectivity index (χ1) is 9.29. The Bertz CT molecular complexity index is 720. The minimum atomic E-state index is -3.33. The van der Waals surface area contributed by atoms with Crippen molar-refractivity contribution in [2.75, 3.05) is 23.9 Å². The lowest BCUT2D eigenvalue weighted by Gasteiger charge is -2.21. The van der Waals surface area contributed by atoms with Gasteiger partial charge in [0.1, 0.15) is 11.5 Å². The van der Waals surface area contributed by atoms with E-state index >= 15 is 0 Å². The van der Waals surface area contributed by atoms with Crippen LogP contribution in [0.1, 0.15) is 11.5 Å². The van der Waals surface area contributed by atoms with Gasteiger partial charge in [-0.05, 0) is 31.2 Å². The molecule has 0 unspecified atom stereocenters. The van der Waals surface area contributed by atoms with Crippen molar-refractivity contribution < 1.29 is 12.8 Å². The fraction of sp³-hybridized carbons (Fsp3) is 0.286. The van der Waals surface area contributed by atoms with Crippen LogP contribution < -0.4 is 10.6 Å². The topological polar surface area (TPSA) is 76.5 Å². The van der Waals surface area contributed by atoms with Crippen molar-refractivity contribution in [1.29, 1.82) is 0 Å². The van der Waals surface area contributed by atoms with E-state index in [0.29, 0.717) is 12.2 Å². The SMILES string of the molecule is Cc1ccc(CN(C)c2cccc(S(C)(=O)=O)c2N)o1. The first-order valence-electron chi connectivity index (χ1n) is 6.14. The predicted octanol–water partition coefficient (Wildman–Crippen LogP) is 2.21. The molecule has 0 saturated heterocycles. The smallest absolute Gasteiger partial charge is 0.177 e. The molecule has 6 heteroatoms. The van der Waals surface area contributed by atoms with Crippen LogP contribution >= 0.6 is 0 Å². The molecule has 1 aromatic heterocycles. The third-order valence-electron chi connectivity index (χ3n) is 3.04. The molecule has 20 heavy (non-hydrogen) atoms. The predicted molar refractivity (Wildman–Crippen MR) is 79.5 cm³/mol. The quantitative estimate of drug-likeness (QED) is 0.875. The Kier molecular flexibility index (Phi) is 3.76. The maximum Gasteiger partial charge on any atom is 0.177 e. The fourth-order valence-corrected chi connectivity index (χ4v) is 2.91. The summed E-state index contributed by atoms with van der Waals surface area (Å²) in [5.74, 6) is 1.64. The minimum Gasteiger partial charge on any atom is -0.464 e. The molecule has 0 atom stereocenters. The van der Waals surface area contributed by atoms with Crippen LogP contribution in [0.25, 0.3) is 0 Å². The maximum atomic E-state index is 11.7. The minimum absolute atomic E-state index is 0.150. The Balaban J connectivity index is 2.33. The third-order valence-corrected chi connectivity index (χ3v) is 4.20. The molecule has 0 aliphatic rings. The normalized spacial score (nSPS) is 11.6. The molecular formula is C14H18N2O3S. The van der Waals surface area contributed by atoms with Crippen molar-refractivity contribution in [2.45, 2.75) is 18.4 Å². The molecule has 0 fully saturated rings. The number of nitrogens with zero attached hydrogens (tertiary/aromatic N) is 1. The molecule has 2 N–H and O–H groups in total. The zero-order chi connectivity index (χ0) is 14.9. The van der Waals surface area contributed by atoms with Crippen molar-refractivity contribution >= 4 is 21.2 Å². The summed E-state index contributed by atoms with van der Waals surface area (Å²) in [7, 11) is -1.49. The Morgan fingerprint density at radius 1 is 1.25 bits per heavy atom. The molecule has 1 heterocycles. The molecule has 0 bridgehead atoms. The summed E-state index contributed by atoms with van der Waals surface area (Å²) in [6.45, 7) is 2.40. The highest BCUT2D eigenvalue weighted by atomic mass is 32.2. The van der Waals surface area contributed by atoms with Crippen LogP contribution in [0.4, 0.5) is 11.4 Å².